The molecule has 0 bridgehead atoms. The van der Waals surface area contributed by atoms with Gasteiger partial charge in [0.15, 0.2) is 0 Å². The van der Waals surface area contributed by atoms with E-state index in [-0.39, 0.29) is 17.4 Å². The van der Waals surface area contributed by atoms with Crippen LogP contribution in [0.4, 0.5) is 5.69 Å². The fraction of sp³-hybridized carbons (Fsp3) is 0.424. The van der Waals surface area contributed by atoms with Gasteiger partial charge in [0.1, 0.15) is 34.8 Å². The average molecular weight is 661 g/mol. The number of carbonyl (C=O) groups excluding carboxylic acids is 3. The number of phenols is 1. The van der Waals surface area contributed by atoms with Crippen molar-refractivity contribution in [3.63, 3.8) is 0 Å². The average Bonchev–Trinajstić information content (AvgIpc) is 3.51. The van der Waals surface area contributed by atoms with E-state index < -0.39 is 57.4 Å². The first kappa shape index (κ1) is 31.1. The van der Waals surface area contributed by atoms with Crippen LogP contribution in [0.25, 0.3) is 10.9 Å². The Hall–Kier alpha value is -4.56. The number of β-lactam (4-membered cyclic amide) rings is 1. The van der Waals surface area contributed by atoms with Crippen LogP contribution >= 0.6 is 11.8 Å². The van der Waals surface area contributed by atoms with Gasteiger partial charge in [0.25, 0.3) is 5.91 Å². The number of aromatic nitrogens is 1. The second-order valence-electron chi connectivity index (χ2n) is 13.1. The molecule has 2 aromatic carbocycles. The minimum atomic E-state index is -1.32. The van der Waals surface area contributed by atoms with Crippen molar-refractivity contribution in [3.05, 3.63) is 69.5 Å². The van der Waals surface area contributed by atoms with Crippen LogP contribution in [0.2, 0.25) is 0 Å². The molecule has 246 valence electrons. The van der Waals surface area contributed by atoms with Gasteiger partial charge in [0.2, 0.25) is 17.2 Å². The Labute approximate surface area is 274 Å². The summed E-state index contributed by atoms with van der Waals surface area (Å²) in [6.07, 6.45) is 2.27. The Bertz CT molecular complexity index is 1890. The molecule has 1 aromatic heterocycles. The number of fused-ring (bicyclic) bond motifs is 1. The van der Waals surface area contributed by atoms with Gasteiger partial charge < -0.3 is 40.5 Å². The molecule has 5 heterocycles. The molecule has 4 aliphatic heterocycles. The number of carboxylic acids is 1. The molecule has 0 spiro atoms. The number of piperazine rings is 1. The van der Waals surface area contributed by atoms with Crippen molar-refractivity contribution >= 4 is 52.0 Å². The molecule has 47 heavy (non-hydrogen) atoms. The maximum Gasteiger partial charge on any atom is 0.327 e. The highest BCUT2D eigenvalue weighted by Crippen LogP contribution is 2.51. The highest BCUT2D eigenvalue weighted by Gasteiger charge is 2.64. The first-order valence-electron chi connectivity index (χ1n) is 15.7. The molecule has 5 N–H and O–H groups in total. The normalized spacial score (nSPS) is 24.9. The zero-order valence-corrected chi connectivity index (χ0v) is 27.0. The summed E-state index contributed by atoms with van der Waals surface area (Å²) in [4.78, 5) is 70.1. The SMILES string of the molecule is CC1Cc2c(N3CCNCC3)ccc3c(=O)c(C(=O)NC(C(=O)NC4C(=O)N5C4SC(C)(C)C5C(=O)O)c4ccc(O)cc4)cn1c23. The smallest absolute Gasteiger partial charge is 0.327 e. The lowest BCUT2D eigenvalue weighted by molar-refractivity contribution is -0.161. The fourth-order valence-corrected chi connectivity index (χ4v) is 9.00. The Morgan fingerprint density at radius 1 is 1.06 bits per heavy atom. The first-order chi connectivity index (χ1) is 22.4. The van der Waals surface area contributed by atoms with E-state index in [0.717, 1.165) is 42.9 Å². The zero-order chi connectivity index (χ0) is 33.4. The van der Waals surface area contributed by atoms with Gasteiger partial charge in [-0.25, -0.2) is 4.79 Å². The molecule has 7 rings (SSSR count). The Kier molecular flexibility index (Phi) is 7.47. The van der Waals surface area contributed by atoms with Gasteiger partial charge in [-0.1, -0.05) is 12.1 Å². The molecule has 3 fully saturated rings. The number of aromatic hydroxyl groups is 1. The number of benzene rings is 2. The van der Waals surface area contributed by atoms with Crippen LogP contribution in [0.1, 0.15) is 54.3 Å². The second kappa shape index (κ2) is 11.3. The lowest BCUT2D eigenvalue weighted by Crippen LogP contribution is -2.71. The molecular formula is C33H36N6O7S. The van der Waals surface area contributed by atoms with Crippen molar-refractivity contribution in [2.45, 2.75) is 61.5 Å². The number of hydrogen-bond acceptors (Lipinski definition) is 9. The minimum Gasteiger partial charge on any atom is -0.508 e. The molecule has 5 atom stereocenters. The van der Waals surface area contributed by atoms with Crippen molar-refractivity contribution in [2.24, 2.45) is 0 Å². The van der Waals surface area contributed by atoms with Crippen molar-refractivity contribution in [3.8, 4) is 5.75 Å². The molecule has 3 aromatic rings. The van der Waals surface area contributed by atoms with Crippen molar-refractivity contribution in [1.82, 2.24) is 25.4 Å². The number of carboxylic acid groups (broad SMARTS) is 1. The van der Waals surface area contributed by atoms with E-state index in [0.29, 0.717) is 17.4 Å². The van der Waals surface area contributed by atoms with Crippen LogP contribution in [-0.4, -0.2) is 91.8 Å². The van der Waals surface area contributed by atoms with Crippen LogP contribution < -0.4 is 26.3 Å². The third kappa shape index (κ3) is 5.01. The van der Waals surface area contributed by atoms with Gasteiger partial charge >= 0.3 is 5.97 Å². The van der Waals surface area contributed by atoms with Gasteiger partial charge in [0, 0.05) is 59.8 Å². The highest BCUT2D eigenvalue weighted by atomic mass is 32.2. The third-order valence-corrected chi connectivity index (χ3v) is 11.3. The van der Waals surface area contributed by atoms with E-state index in [9.17, 15) is 34.2 Å². The summed E-state index contributed by atoms with van der Waals surface area (Å²) in [5.41, 5.74) is 2.75. The van der Waals surface area contributed by atoms with E-state index in [2.05, 4.69) is 20.9 Å². The number of amides is 3. The van der Waals surface area contributed by atoms with Crippen LogP contribution in [0, 0.1) is 0 Å². The fourth-order valence-electron chi connectivity index (χ4n) is 7.38. The predicted octanol–water partition coefficient (Wildman–Crippen LogP) is 1.34. The third-order valence-electron chi connectivity index (χ3n) is 9.69. The summed E-state index contributed by atoms with van der Waals surface area (Å²) < 4.78 is 1.18. The summed E-state index contributed by atoms with van der Waals surface area (Å²) in [7, 11) is 0. The number of anilines is 1. The van der Waals surface area contributed by atoms with E-state index in [1.54, 1.807) is 26.1 Å². The number of nitrogens with one attached hydrogen (secondary N) is 3. The van der Waals surface area contributed by atoms with Crippen LogP contribution in [0.3, 0.4) is 0 Å². The molecule has 14 heteroatoms. The van der Waals surface area contributed by atoms with E-state index >= 15 is 0 Å². The molecule has 3 amide bonds. The quantitative estimate of drug-likeness (QED) is 0.233. The summed E-state index contributed by atoms with van der Waals surface area (Å²) in [5, 5.41) is 28.2. The molecule has 0 aliphatic carbocycles. The van der Waals surface area contributed by atoms with Gasteiger partial charge in [0.05, 0.1) is 5.52 Å². The molecule has 4 aliphatic rings. The van der Waals surface area contributed by atoms with Crippen molar-refractivity contribution in [1.29, 1.82) is 0 Å². The van der Waals surface area contributed by atoms with Gasteiger partial charge in [-0.2, -0.15) is 0 Å². The lowest BCUT2D eigenvalue weighted by atomic mass is 9.95. The van der Waals surface area contributed by atoms with E-state index in [4.69, 9.17) is 0 Å². The summed E-state index contributed by atoms with van der Waals surface area (Å²) in [6, 6.07) is 6.05. The van der Waals surface area contributed by atoms with Gasteiger partial charge in [-0.05, 0) is 57.0 Å². The van der Waals surface area contributed by atoms with Crippen molar-refractivity contribution in [2.75, 3.05) is 31.1 Å². The van der Waals surface area contributed by atoms with Crippen molar-refractivity contribution < 1.29 is 29.4 Å². The zero-order valence-electron chi connectivity index (χ0n) is 26.1. The van der Waals surface area contributed by atoms with E-state index in [1.165, 1.54) is 40.9 Å². The Morgan fingerprint density at radius 2 is 1.77 bits per heavy atom. The molecule has 3 saturated heterocycles. The monoisotopic (exact) mass is 660 g/mol. The summed E-state index contributed by atoms with van der Waals surface area (Å²) >= 11 is 1.29. The number of thioether (sulfide) groups is 1. The largest absolute Gasteiger partial charge is 0.508 e. The van der Waals surface area contributed by atoms with Crippen LogP contribution in [-0.2, 0) is 20.8 Å². The summed E-state index contributed by atoms with van der Waals surface area (Å²) in [5.74, 6) is -3.16. The number of rotatable bonds is 7. The Morgan fingerprint density at radius 3 is 2.45 bits per heavy atom. The van der Waals surface area contributed by atoms with Gasteiger partial charge in [-0.15, -0.1) is 11.8 Å². The molecule has 0 saturated carbocycles. The number of pyridine rings is 1. The number of hydrogen-bond donors (Lipinski definition) is 5. The van der Waals surface area contributed by atoms with E-state index in [1.807, 2.05) is 17.6 Å². The second-order valence-corrected chi connectivity index (χ2v) is 14.9. The topological polar surface area (TPSA) is 173 Å². The summed E-state index contributed by atoms with van der Waals surface area (Å²) in [6.45, 7) is 8.99. The first-order valence-corrected chi connectivity index (χ1v) is 16.5. The number of aliphatic carboxylic acids is 1. The Balaban J connectivity index is 1.19. The molecule has 5 unspecified atom stereocenters. The van der Waals surface area contributed by atoms with Gasteiger partial charge in [-0.3, -0.25) is 19.2 Å². The van der Waals surface area contributed by atoms with Crippen LogP contribution in [0.15, 0.2) is 47.4 Å². The lowest BCUT2D eigenvalue weighted by Gasteiger charge is -2.44. The minimum absolute atomic E-state index is 0.00437. The number of nitrogens with zero attached hydrogens (tertiary/aromatic N) is 3. The number of phenolic OH excluding ortho intramolecular Hbond substituents is 1. The predicted molar refractivity (Wildman–Crippen MR) is 176 cm³/mol. The maximum atomic E-state index is 13.9. The molecule has 0 radical (unpaired) electrons. The van der Waals surface area contributed by atoms with Crippen LogP contribution in [0.5, 0.6) is 5.75 Å². The molecule has 13 nitrogen and oxygen atoms in total. The maximum absolute atomic E-state index is 13.9. The molecular weight excluding hydrogens is 624 g/mol. The standard InChI is InChI=1S/C33H36N6O7S/c1-16-14-20-22(37-12-10-34-11-13-37)9-8-19-25(20)38(16)15-21(26(19)41)28(42)35-23(17-4-6-18(40)7-5-17)29(43)36-24-30(44)39-27(32(45)46)33(2,3)47-31(24)39/h4-9,15-16,23-24,27,31,34,40H,10-14H2,1-3H3,(H,35,42)(H,36,43)(H,45,46). The highest BCUT2D eigenvalue weighted by molar-refractivity contribution is 8.01. The number of carbonyl (C=O) groups is 4.